The fraction of sp³-hybridized carbons (Fsp3) is 0.222. The lowest BCUT2D eigenvalue weighted by atomic mass is 10.0. The first-order valence-corrected chi connectivity index (χ1v) is 5.41. The number of amides is 1. The summed E-state index contributed by atoms with van der Waals surface area (Å²) in [6.45, 7) is 1.85. The molecule has 1 atom stereocenters. The van der Waals surface area contributed by atoms with Crippen LogP contribution in [0.1, 0.15) is 12.5 Å². The van der Waals surface area contributed by atoms with E-state index in [1.165, 1.54) is 0 Å². The van der Waals surface area contributed by atoms with Gasteiger partial charge in [0.1, 0.15) is 4.32 Å². The van der Waals surface area contributed by atoms with Crippen molar-refractivity contribution in [1.82, 2.24) is 0 Å². The quantitative estimate of drug-likeness (QED) is 0.734. The number of nitrogens with one attached hydrogen (secondary N) is 1. The first kappa shape index (κ1) is 9.21. The van der Waals surface area contributed by atoms with E-state index in [1.54, 1.807) is 0 Å². The fourth-order valence-electron chi connectivity index (χ4n) is 1.40. The van der Waals surface area contributed by atoms with Gasteiger partial charge in [0, 0.05) is 10.0 Å². The Hall–Kier alpha value is -0.350. The standard InChI is InChI=1S/C9H7Br2NO/c1-9(11)5-3-2-4-6(10)7(5)12-8(9)13/h2-4H,1H3,(H,12,13). The molecular formula is C9H7Br2NO. The molecule has 0 bridgehead atoms. The summed E-state index contributed by atoms with van der Waals surface area (Å²) in [6.07, 6.45) is 0. The molecule has 1 unspecified atom stereocenters. The number of hydrogen-bond donors (Lipinski definition) is 1. The molecule has 0 spiro atoms. The van der Waals surface area contributed by atoms with Crippen LogP contribution in [0.2, 0.25) is 0 Å². The number of rotatable bonds is 0. The zero-order valence-electron chi connectivity index (χ0n) is 6.90. The molecule has 0 aromatic heterocycles. The predicted octanol–water partition coefficient (Wildman–Crippen LogP) is 3.01. The fourth-order valence-corrected chi connectivity index (χ4v) is 2.29. The molecule has 1 amide bonds. The maximum absolute atomic E-state index is 11.5. The average Bonchev–Trinajstić information content (AvgIpc) is 2.28. The Morgan fingerprint density at radius 3 is 2.77 bits per heavy atom. The van der Waals surface area contributed by atoms with E-state index < -0.39 is 4.32 Å². The topological polar surface area (TPSA) is 29.1 Å². The summed E-state index contributed by atoms with van der Waals surface area (Å²) in [5.41, 5.74) is 1.85. The molecule has 13 heavy (non-hydrogen) atoms. The Bertz CT molecular complexity index is 387. The molecule has 1 aliphatic rings. The highest BCUT2D eigenvalue weighted by Crippen LogP contribution is 2.44. The van der Waals surface area contributed by atoms with E-state index >= 15 is 0 Å². The minimum atomic E-state index is -0.591. The van der Waals surface area contributed by atoms with Gasteiger partial charge < -0.3 is 5.32 Å². The monoisotopic (exact) mass is 303 g/mol. The van der Waals surface area contributed by atoms with Crippen LogP contribution in [-0.4, -0.2) is 5.91 Å². The summed E-state index contributed by atoms with van der Waals surface area (Å²) in [4.78, 5) is 11.5. The van der Waals surface area contributed by atoms with E-state index in [0.717, 1.165) is 15.7 Å². The summed E-state index contributed by atoms with van der Waals surface area (Å²) >= 11 is 6.80. The molecule has 68 valence electrons. The van der Waals surface area contributed by atoms with E-state index in [0.29, 0.717) is 0 Å². The van der Waals surface area contributed by atoms with Crippen molar-refractivity contribution >= 4 is 43.5 Å². The normalized spacial score (nSPS) is 25.6. The summed E-state index contributed by atoms with van der Waals surface area (Å²) in [5, 5.41) is 2.82. The second kappa shape index (κ2) is 2.82. The van der Waals surface area contributed by atoms with Crippen LogP contribution >= 0.6 is 31.9 Å². The van der Waals surface area contributed by atoms with Crippen molar-refractivity contribution in [3.05, 3.63) is 28.2 Å². The lowest BCUT2D eigenvalue weighted by Gasteiger charge is -2.12. The van der Waals surface area contributed by atoms with Gasteiger partial charge in [-0.05, 0) is 28.9 Å². The van der Waals surface area contributed by atoms with Crippen LogP contribution < -0.4 is 5.32 Å². The van der Waals surface area contributed by atoms with Gasteiger partial charge in [0.15, 0.2) is 0 Å². The van der Waals surface area contributed by atoms with E-state index in [9.17, 15) is 4.79 Å². The van der Waals surface area contributed by atoms with Crippen molar-refractivity contribution in [2.75, 3.05) is 5.32 Å². The molecule has 1 N–H and O–H groups in total. The summed E-state index contributed by atoms with van der Waals surface area (Å²) in [7, 11) is 0. The number of fused-ring (bicyclic) bond motifs is 1. The van der Waals surface area contributed by atoms with Crippen LogP contribution in [0.5, 0.6) is 0 Å². The van der Waals surface area contributed by atoms with Crippen molar-refractivity contribution in [1.29, 1.82) is 0 Å². The highest BCUT2D eigenvalue weighted by Gasteiger charge is 2.40. The molecule has 0 saturated heterocycles. The minimum absolute atomic E-state index is 0.0191. The number of hydrogen-bond acceptors (Lipinski definition) is 1. The Morgan fingerprint density at radius 2 is 2.15 bits per heavy atom. The summed E-state index contributed by atoms with van der Waals surface area (Å²) in [5.74, 6) is -0.0191. The molecule has 1 aromatic carbocycles. The van der Waals surface area contributed by atoms with Crippen LogP contribution in [0.25, 0.3) is 0 Å². The van der Waals surface area contributed by atoms with Crippen LogP contribution in [0.3, 0.4) is 0 Å². The number of alkyl halides is 1. The van der Waals surface area contributed by atoms with Gasteiger partial charge in [-0.1, -0.05) is 28.1 Å². The van der Waals surface area contributed by atoms with Gasteiger partial charge in [-0.15, -0.1) is 0 Å². The molecule has 1 aromatic rings. The van der Waals surface area contributed by atoms with Gasteiger partial charge in [-0.25, -0.2) is 0 Å². The molecule has 1 heterocycles. The Labute approximate surface area is 93.0 Å². The highest BCUT2D eigenvalue weighted by molar-refractivity contribution is 9.10. The van der Waals surface area contributed by atoms with Gasteiger partial charge in [0.25, 0.3) is 0 Å². The molecule has 0 radical (unpaired) electrons. The van der Waals surface area contributed by atoms with E-state index in [-0.39, 0.29) is 5.91 Å². The predicted molar refractivity (Wildman–Crippen MR) is 59.1 cm³/mol. The van der Waals surface area contributed by atoms with Crippen LogP contribution in [0.4, 0.5) is 5.69 Å². The molecule has 2 rings (SSSR count). The number of carbonyl (C=O) groups is 1. The maximum Gasteiger partial charge on any atom is 0.245 e. The van der Waals surface area contributed by atoms with Crippen LogP contribution in [-0.2, 0) is 9.12 Å². The van der Waals surface area contributed by atoms with Crippen molar-refractivity contribution in [2.45, 2.75) is 11.2 Å². The van der Waals surface area contributed by atoms with Crippen molar-refractivity contribution in [3.8, 4) is 0 Å². The Morgan fingerprint density at radius 1 is 1.46 bits per heavy atom. The first-order valence-electron chi connectivity index (χ1n) is 3.83. The van der Waals surface area contributed by atoms with Crippen molar-refractivity contribution in [2.24, 2.45) is 0 Å². The zero-order valence-corrected chi connectivity index (χ0v) is 10.1. The van der Waals surface area contributed by atoms with Crippen LogP contribution in [0.15, 0.2) is 22.7 Å². The van der Waals surface area contributed by atoms with Gasteiger partial charge in [-0.2, -0.15) is 0 Å². The van der Waals surface area contributed by atoms with Crippen molar-refractivity contribution in [3.63, 3.8) is 0 Å². The second-order valence-electron chi connectivity index (χ2n) is 3.12. The van der Waals surface area contributed by atoms with Crippen molar-refractivity contribution < 1.29 is 4.79 Å². The SMILES string of the molecule is CC1(Br)C(=O)Nc2c(Br)cccc21. The maximum atomic E-state index is 11.5. The summed E-state index contributed by atoms with van der Waals surface area (Å²) < 4.78 is 0.327. The summed E-state index contributed by atoms with van der Waals surface area (Å²) in [6, 6.07) is 5.77. The van der Waals surface area contributed by atoms with Gasteiger partial charge in [-0.3, -0.25) is 4.79 Å². The smallest absolute Gasteiger partial charge is 0.245 e. The third-order valence-corrected chi connectivity index (χ3v) is 3.63. The molecule has 0 fully saturated rings. The number of halogens is 2. The van der Waals surface area contributed by atoms with E-state index in [2.05, 4.69) is 37.2 Å². The second-order valence-corrected chi connectivity index (χ2v) is 5.56. The number of anilines is 1. The molecular weight excluding hydrogens is 298 g/mol. The minimum Gasteiger partial charge on any atom is -0.323 e. The first-order chi connectivity index (χ1) is 6.03. The van der Waals surface area contributed by atoms with Gasteiger partial charge in [0.2, 0.25) is 5.91 Å². The zero-order chi connectivity index (χ0) is 9.64. The van der Waals surface area contributed by atoms with Crippen LogP contribution in [0, 0.1) is 0 Å². The molecule has 4 heteroatoms. The van der Waals surface area contributed by atoms with Gasteiger partial charge in [0.05, 0.1) is 5.69 Å². The van der Waals surface area contributed by atoms with E-state index in [1.807, 2.05) is 25.1 Å². The Balaban J connectivity index is 2.68. The van der Waals surface area contributed by atoms with Gasteiger partial charge >= 0.3 is 0 Å². The third kappa shape index (κ3) is 1.23. The lowest BCUT2D eigenvalue weighted by Crippen LogP contribution is -2.23. The third-order valence-electron chi connectivity index (χ3n) is 2.18. The van der Waals surface area contributed by atoms with E-state index in [4.69, 9.17) is 0 Å². The number of carbonyl (C=O) groups excluding carboxylic acids is 1. The molecule has 0 saturated carbocycles. The number of benzene rings is 1. The highest BCUT2D eigenvalue weighted by atomic mass is 79.9. The number of para-hydroxylation sites is 1. The average molecular weight is 305 g/mol. The largest absolute Gasteiger partial charge is 0.323 e. The molecule has 1 aliphatic heterocycles. The Kier molecular flexibility index (Phi) is 2.00. The molecule has 0 aliphatic carbocycles. The molecule has 2 nitrogen and oxygen atoms in total. The lowest BCUT2D eigenvalue weighted by molar-refractivity contribution is -0.117.